The number of hydrogen-bond donors (Lipinski definition) is 1. The highest BCUT2D eigenvalue weighted by Gasteiger charge is 2.43. The lowest BCUT2D eigenvalue weighted by atomic mass is 9.96. The second-order valence-corrected chi connectivity index (χ2v) is 7.77. The number of hydrogen-bond acceptors (Lipinski definition) is 5. The maximum absolute atomic E-state index is 14.9. The number of carbonyl (C=O) groups excluding carboxylic acids is 2. The monoisotopic (exact) mass is 465 g/mol. The minimum absolute atomic E-state index is 0.00152. The summed E-state index contributed by atoms with van der Waals surface area (Å²) < 4.78 is 26.6. The molecule has 8 heteroatoms. The summed E-state index contributed by atoms with van der Waals surface area (Å²) in [6.07, 6.45) is 0.195. The molecule has 1 atom stereocenters. The molecular weight excluding hydrogens is 441 g/mol. The maximum atomic E-state index is 14.9. The third-order valence-corrected chi connectivity index (χ3v) is 5.86. The van der Waals surface area contributed by atoms with Gasteiger partial charge in [-0.25, -0.2) is 9.29 Å². The van der Waals surface area contributed by atoms with Gasteiger partial charge in [-0.05, 0) is 32.4 Å². The summed E-state index contributed by atoms with van der Waals surface area (Å²) in [5.74, 6) is -3.76. The SMILES string of the molecule is CCOc1c2c(c(OCC)c3ccccc13)C(=O)N(c1ccc(C(CC)C(=O)O)c(F)c1)C2=O. The second kappa shape index (κ2) is 9.13. The number of fused-ring (bicyclic) bond motifs is 2. The van der Waals surface area contributed by atoms with Crippen LogP contribution in [0, 0.1) is 5.82 Å². The molecule has 1 N–H and O–H groups in total. The predicted molar refractivity (Wildman–Crippen MR) is 124 cm³/mol. The fourth-order valence-corrected chi connectivity index (χ4v) is 4.39. The van der Waals surface area contributed by atoms with Gasteiger partial charge in [-0.15, -0.1) is 0 Å². The number of ether oxygens (including phenoxy) is 2. The van der Waals surface area contributed by atoms with Gasteiger partial charge >= 0.3 is 5.97 Å². The number of carbonyl (C=O) groups is 3. The molecule has 0 fully saturated rings. The van der Waals surface area contributed by atoms with Gasteiger partial charge < -0.3 is 14.6 Å². The van der Waals surface area contributed by atoms with Gasteiger partial charge in [0.15, 0.2) is 0 Å². The largest absolute Gasteiger partial charge is 0.492 e. The minimum atomic E-state index is -1.15. The molecule has 0 aromatic heterocycles. The number of anilines is 1. The van der Waals surface area contributed by atoms with Crippen LogP contribution in [0.2, 0.25) is 0 Å². The molecule has 3 aromatic carbocycles. The van der Waals surface area contributed by atoms with Gasteiger partial charge in [0.25, 0.3) is 11.8 Å². The van der Waals surface area contributed by atoms with Crippen LogP contribution in [0.4, 0.5) is 10.1 Å². The first-order valence-corrected chi connectivity index (χ1v) is 11.1. The highest BCUT2D eigenvalue weighted by molar-refractivity contribution is 6.38. The Kier molecular flexibility index (Phi) is 6.24. The quantitative estimate of drug-likeness (QED) is 0.462. The number of carboxylic acids is 1. The number of imide groups is 1. The van der Waals surface area contributed by atoms with Crippen LogP contribution >= 0.6 is 0 Å². The van der Waals surface area contributed by atoms with Crippen LogP contribution in [0.15, 0.2) is 42.5 Å². The fraction of sp³-hybridized carbons (Fsp3) is 0.269. The summed E-state index contributed by atoms with van der Waals surface area (Å²) in [5, 5.41) is 10.6. The van der Waals surface area contributed by atoms with E-state index in [-0.39, 0.29) is 53.5 Å². The van der Waals surface area contributed by atoms with E-state index in [4.69, 9.17) is 9.47 Å². The van der Waals surface area contributed by atoms with E-state index in [1.165, 1.54) is 12.1 Å². The standard InChI is InChI=1S/C26H24FNO6/c1-4-15(26(31)32)16-12-11-14(13-19(16)27)28-24(29)20-21(25(28)30)23(34-6-3)18-10-8-7-9-17(18)22(20)33-5-2/h7-13,15H,4-6H2,1-3H3,(H,31,32). The van der Waals surface area contributed by atoms with Gasteiger partial charge in [-0.2, -0.15) is 0 Å². The average Bonchev–Trinajstić information content (AvgIpc) is 3.07. The maximum Gasteiger partial charge on any atom is 0.311 e. The van der Waals surface area contributed by atoms with Gasteiger partial charge in [0.05, 0.1) is 35.9 Å². The summed E-state index contributed by atoms with van der Waals surface area (Å²) in [4.78, 5) is 39.5. The van der Waals surface area contributed by atoms with E-state index >= 15 is 0 Å². The lowest BCUT2D eigenvalue weighted by Crippen LogP contribution is -2.29. The van der Waals surface area contributed by atoms with E-state index < -0.39 is 29.5 Å². The molecule has 3 aromatic rings. The average molecular weight is 465 g/mol. The Morgan fingerprint density at radius 1 is 0.941 bits per heavy atom. The number of carboxylic acid groups (broad SMARTS) is 1. The van der Waals surface area contributed by atoms with E-state index in [9.17, 15) is 23.9 Å². The summed E-state index contributed by atoms with van der Waals surface area (Å²) in [5.41, 5.74) is 0.124. The van der Waals surface area contributed by atoms with Crippen LogP contribution in [0.3, 0.4) is 0 Å². The fourth-order valence-electron chi connectivity index (χ4n) is 4.39. The van der Waals surface area contributed by atoms with E-state index in [2.05, 4.69) is 0 Å². The summed E-state index contributed by atoms with van der Waals surface area (Å²) >= 11 is 0. The molecule has 2 amide bonds. The Morgan fingerprint density at radius 2 is 1.47 bits per heavy atom. The van der Waals surface area contributed by atoms with Crippen molar-refractivity contribution in [3.05, 3.63) is 65.0 Å². The topological polar surface area (TPSA) is 93.1 Å². The summed E-state index contributed by atoms with van der Waals surface area (Å²) in [6.45, 7) is 5.73. The van der Waals surface area contributed by atoms with Crippen LogP contribution < -0.4 is 14.4 Å². The van der Waals surface area contributed by atoms with Crippen molar-refractivity contribution < 1.29 is 33.4 Å². The predicted octanol–water partition coefficient (Wildman–Crippen LogP) is 5.16. The Morgan fingerprint density at radius 3 is 1.88 bits per heavy atom. The Hall–Kier alpha value is -3.94. The summed E-state index contributed by atoms with van der Waals surface area (Å²) in [7, 11) is 0. The van der Waals surface area contributed by atoms with Gasteiger partial charge in [0, 0.05) is 16.3 Å². The van der Waals surface area contributed by atoms with Crippen LogP contribution in [0.25, 0.3) is 10.8 Å². The number of amides is 2. The second-order valence-electron chi connectivity index (χ2n) is 7.77. The lowest BCUT2D eigenvalue weighted by molar-refractivity contribution is -0.138. The molecule has 0 aliphatic carbocycles. The molecule has 0 bridgehead atoms. The molecule has 4 rings (SSSR count). The molecule has 1 unspecified atom stereocenters. The van der Waals surface area contributed by atoms with Crippen molar-refractivity contribution in [2.45, 2.75) is 33.1 Å². The first-order chi connectivity index (χ1) is 16.3. The van der Waals surface area contributed by atoms with Gasteiger partial charge in [0.2, 0.25) is 0 Å². The van der Waals surface area contributed by atoms with Crippen LogP contribution in [-0.2, 0) is 4.79 Å². The van der Waals surface area contributed by atoms with Crippen LogP contribution in [0.1, 0.15) is 59.4 Å². The number of aliphatic carboxylic acids is 1. The molecule has 0 saturated heterocycles. The minimum Gasteiger partial charge on any atom is -0.492 e. The molecule has 1 aliphatic heterocycles. The van der Waals surface area contributed by atoms with Crippen LogP contribution in [0.5, 0.6) is 11.5 Å². The van der Waals surface area contributed by atoms with Crippen LogP contribution in [-0.4, -0.2) is 36.1 Å². The zero-order chi connectivity index (χ0) is 24.6. The molecule has 7 nitrogen and oxygen atoms in total. The van der Waals surface area contributed by atoms with Gasteiger partial charge in [0.1, 0.15) is 17.3 Å². The Bertz CT molecular complexity index is 1250. The molecule has 0 saturated carbocycles. The smallest absolute Gasteiger partial charge is 0.311 e. The molecule has 0 radical (unpaired) electrons. The van der Waals surface area contributed by atoms with Crippen molar-refractivity contribution >= 4 is 34.2 Å². The van der Waals surface area contributed by atoms with Crippen molar-refractivity contribution in [1.82, 2.24) is 0 Å². The van der Waals surface area contributed by atoms with Gasteiger partial charge in [-0.1, -0.05) is 37.3 Å². The van der Waals surface area contributed by atoms with E-state index in [0.717, 1.165) is 11.0 Å². The van der Waals surface area contributed by atoms with E-state index in [0.29, 0.717) is 10.8 Å². The number of rotatable bonds is 8. The normalized spacial score (nSPS) is 13.8. The molecule has 176 valence electrons. The third-order valence-electron chi connectivity index (χ3n) is 5.86. The Labute approximate surface area is 195 Å². The number of benzene rings is 3. The van der Waals surface area contributed by atoms with Crippen molar-refractivity contribution in [3.8, 4) is 11.5 Å². The molecule has 34 heavy (non-hydrogen) atoms. The first-order valence-electron chi connectivity index (χ1n) is 11.1. The molecule has 1 aliphatic rings. The Balaban J connectivity index is 1.91. The highest BCUT2D eigenvalue weighted by Crippen LogP contribution is 2.46. The number of halogens is 1. The number of nitrogens with zero attached hydrogens (tertiary/aromatic N) is 1. The van der Waals surface area contributed by atoms with E-state index in [1.807, 2.05) is 0 Å². The van der Waals surface area contributed by atoms with Gasteiger partial charge in [-0.3, -0.25) is 14.4 Å². The van der Waals surface area contributed by atoms with E-state index in [1.54, 1.807) is 45.0 Å². The molecule has 1 heterocycles. The zero-order valence-electron chi connectivity index (χ0n) is 19.1. The lowest BCUT2D eigenvalue weighted by Gasteiger charge is -2.17. The molecular formula is C26H24FNO6. The van der Waals surface area contributed by atoms with Crippen molar-refractivity contribution in [1.29, 1.82) is 0 Å². The highest BCUT2D eigenvalue weighted by atomic mass is 19.1. The summed E-state index contributed by atoms with van der Waals surface area (Å²) in [6, 6.07) is 10.9. The van der Waals surface area contributed by atoms with Crippen molar-refractivity contribution in [3.63, 3.8) is 0 Å². The van der Waals surface area contributed by atoms with Crippen molar-refractivity contribution in [2.75, 3.05) is 18.1 Å². The zero-order valence-corrected chi connectivity index (χ0v) is 19.1. The first kappa shape index (κ1) is 23.2. The molecule has 0 spiro atoms. The van der Waals surface area contributed by atoms with Crippen molar-refractivity contribution in [2.24, 2.45) is 0 Å². The third kappa shape index (κ3) is 3.55.